The van der Waals surface area contributed by atoms with E-state index in [0.29, 0.717) is 6.04 Å². The van der Waals surface area contributed by atoms with Gasteiger partial charge in [0.25, 0.3) is 0 Å². The van der Waals surface area contributed by atoms with E-state index in [9.17, 15) is 4.79 Å². The number of carbonyl (C=O) groups excluding carboxylic acids is 1. The Labute approximate surface area is 91.2 Å². The van der Waals surface area contributed by atoms with E-state index in [4.69, 9.17) is 4.74 Å². The second kappa shape index (κ2) is 4.39. The van der Waals surface area contributed by atoms with Crippen molar-refractivity contribution in [3.8, 4) is 0 Å². The molecule has 2 fully saturated rings. The van der Waals surface area contributed by atoms with Crippen LogP contribution in [0.5, 0.6) is 0 Å². The Bertz CT molecular complexity index is 229. The molecular formula is C11H20N2O2. The van der Waals surface area contributed by atoms with Crippen LogP contribution in [0.1, 0.15) is 26.2 Å². The molecule has 0 saturated carbocycles. The highest BCUT2D eigenvalue weighted by Crippen LogP contribution is 2.19. The lowest BCUT2D eigenvalue weighted by molar-refractivity contribution is 0.0729. The second-order valence-electron chi connectivity index (χ2n) is 4.72. The standard InChI is InChI=1S/C11H20N2O2/c1-9-7-10(8-12(9)2)15-11(14)13-5-3-4-6-13/h9-10H,3-8H2,1-2H3/t9-,10?/m1/s1. The minimum atomic E-state index is -0.111. The van der Waals surface area contributed by atoms with Crippen molar-refractivity contribution in [2.75, 3.05) is 26.7 Å². The summed E-state index contributed by atoms with van der Waals surface area (Å²) in [5.41, 5.74) is 0. The van der Waals surface area contributed by atoms with Gasteiger partial charge in [-0.15, -0.1) is 0 Å². The van der Waals surface area contributed by atoms with Crippen LogP contribution in [0, 0.1) is 0 Å². The van der Waals surface area contributed by atoms with Crippen LogP contribution < -0.4 is 0 Å². The number of likely N-dealkylation sites (tertiary alicyclic amines) is 2. The van der Waals surface area contributed by atoms with Crippen molar-refractivity contribution in [2.45, 2.75) is 38.3 Å². The van der Waals surface area contributed by atoms with Gasteiger partial charge in [0, 0.05) is 32.1 Å². The summed E-state index contributed by atoms with van der Waals surface area (Å²) in [7, 11) is 2.08. The summed E-state index contributed by atoms with van der Waals surface area (Å²) < 4.78 is 5.48. The van der Waals surface area contributed by atoms with Crippen LogP contribution in [-0.2, 0) is 4.74 Å². The van der Waals surface area contributed by atoms with Crippen LogP contribution in [0.25, 0.3) is 0 Å². The van der Waals surface area contributed by atoms with E-state index >= 15 is 0 Å². The molecule has 1 amide bonds. The third kappa shape index (κ3) is 2.43. The molecule has 0 aromatic carbocycles. The Morgan fingerprint density at radius 3 is 2.53 bits per heavy atom. The SMILES string of the molecule is C[C@@H]1CC(OC(=O)N2CCCC2)CN1C. The summed E-state index contributed by atoms with van der Waals surface area (Å²) in [6.45, 7) is 4.79. The number of ether oxygens (including phenoxy) is 1. The Balaban J connectivity index is 1.79. The highest BCUT2D eigenvalue weighted by atomic mass is 16.6. The number of rotatable bonds is 1. The van der Waals surface area contributed by atoms with Crippen molar-refractivity contribution < 1.29 is 9.53 Å². The molecule has 2 aliphatic rings. The predicted octanol–water partition coefficient (Wildman–Crippen LogP) is 1.31. The Hall–Kier alpha value is -0.770. The summed E-state index contributed by atoms with van der Waals surface area (Å²) in [5, 5.41) is 0. The highest BCUT2D eigenvalue weighted by Gasteiger charge is 2.30. The largest absolute Gasteiger partial charge is 0.445 e. The maximum atomic E-state index is 11.7. The smallest absolute Gasteiger partial charge is 0.410 e. The predicted molar refractivity (Wildman–Crippen MR) is 57.8 cm³/mol. The molecule has 15 heavy (non-hydrogen) atoms. The third-order valence-electron chi connectivity index (χ3n) is 3.48. The van der Waals surface area contributed by atoms with E-state index in [2.05, 4.69) is 18.9 Å². The first-order valence-electron chi connectivity index (χ1n) is 5.82. The normalized spacial score (nSPS) is 32.3. The van der Waals surface area contributed by atoms with E-state index in [1.807, 2.05) is 4.90 Å². The van der Waals surface area contributed by atoms with Crippen LogP contribution in [0.2, 0.25) is 0 Å². The summed E-state index contributed by atoms with van der Waals surface area (Å²) in [6.07, 6.45) is 3.19. The molecule has 2 atom stereocenters. The van der Waals surface area contributed by atoms with Crippen molar-refractivity contribution in [1.29, 1.82) is 0 Å². The minimum Gasteiger partial charge on any atom is -0.445 e. The molecular weight excluding hydrogens is 192 g/mol. The molecule has 1 unspecified atom stereocenters. The molecule has 86 valence electrons. The van der Waals surface area contributed by atoms with Gasteiger partial charge in [-0.1, -0.05) is 0 Å². The Morgan fingerprint density at radius 2 is 2.00 bits per heavy atom. The van der Waals surface area contributed by atoms with Crippen LogP contribution in [0.4, 0.5) is 4.79 Å². The highest BCUT2D eigenvalue weighted by molar-refractivity contribution is 5.68. The molecule has 4 heteroatoms. The molecule has 0 bridgehead atoms. The first kappa shape index (κ1) is 10.7. The van der Waals surface area contributed by atoms with Gasteiger partial charge in [0.15, 0.2) is 0 Å². The van der Waals surface area contributed by atoms with E-state index < -0.39 is 0 Å². The van der Waals surface area contributed by atoms with Gasteiger partial charge in [0.2, 0.25) is 0 Å². The monoisotopic (exact) mass is 212 g/mol. The number of hydrogen-bond donors (Lipinski definition) is 0. The third-order valence-corrected chi connectivity index (χ3v) is 3.48. The molecule has 0 N–H and O–H groups in total. The summed E-state index contributed by atoms with van der Waals surface area (Å²) in [4.78, 5) is 15.8. The number of amides is 1. The average molecular weight is 212 g/mol. The lowest BCUT2D eigenvalue weighted by Gasteiger charge is -2.18. The van der Waals surface area contributed by atoms with Gasteiger partial charge in [-0.2, -0.15) is 0 Å². The van der Waals surface area contributed by atoms with Gasteiger partial charge in [0.1, 0.15) is 6.10 Å². The molecule has 4 nitrogen and oxygen atoms in total. The maximum Gasteiger partial charge on any atom is 0.410 e. The van der Waals surface area contributed by atoms with Crippen LogP contribution in [-0.4, -0.2) is 54.7 Å². The molecule has 2 heterocycles. The van der Waals surface area contributed by atoms with Crippen LogP contribution in [0.15, 0.2) is 0 Å². The number of carbonyl (C=O) groups is 1. The van der Waals surface area contributed by atoms with Crippen molar-refractivity contribution >= 4 is 6.09 Å². The molecule has 2 aliphatic heterocycles. The Kier molecular flexibility index (Phi) is 3.14. The van der Waals surface area contributed by atoms with Gasteiger partial charge >= 0.3 is 6.09 Å². The van der Waals surface area contributed by atoms with E-state index in [1.54, 1.807) is 0 Å². The maximum absolute atomic E-state index is 11.7. The van der Waals surface area contributed by atoms with Crippen LogP contribution in [0.3, 0.4) is 0 Å². The van der Waals surface area contributed by atoms with Gasteiger partial charge in [0.05, 0.1) is 0 Å². The number of nitrogens with zero attached hydrogens (tertiary/aromatic N) is 2. The van der Waals surface area contributed by atoms with E-state index in [-0.39, 0.29) is 12.2 Å². The van der Waals surface area contributed by atoms with Gasteiger partial charge in [-0.05, 0) is 26.8 Å². The second-order valence-corrected chi connectivity index (χ2v) is 4.72. The fourth-order valence-corrected chi connectivity index (χ4v) is 2.34. The van der Waals surface area contributed by atoms with Gasteiger partial charge in [-0.3, -0.25) is 4.90 Å². The molecule has 2 saturated heterocycles. The molecule has 2 rings (SSSR count). The van der Waals surface area contributed by atoms with Crippen molar-refractivity contribution in [2.24, 2.45) is 0 Å². The summed E-state index contributed by atoms with van der Waals surface area (Å²) in [6, 6.07) is 0.529. The van der Waals surface area contributed by atoms with E-state index in [1.165, 1.54) is 0 Å². The molecule has 0 radical (unpaired) electrons. The lowest BCUT2D eigenvalue weighted by atomic mass is 10.2. The minimum absolute atomic E-state index is 0.0955. The van der Waals surface area contributed by atoms with Crippen LogP contribution >= 0.6 is 0 Å². The molecule has 0 spiro atoms. The van der Waals surface area contributed by atoms with Crippen molar-refractivity contribution in [1.82, 2.24) is 9.80 Å². The quantitative estimate of drug-likeness (QED) is 0.657. The molecule has 0 aromatic rings. The van der Waals surface area contributed by atoms with Gasteiger partial charge in [-0.25, -0.2) is 4.79 Å². The summed E-state index contributed by atoms with van der Waals surface area (Å²) in [5.74, 6) is 0. The van der Waals surface area contributed by atoms with Crippen molar-refractivity contribution in [3.05, 3.63) is 0 Å². The first-order chi connectivity index (χ1) is 7.16. The summed E-state index contributed by atoms with van der Waals surface area (Å²) >= 11 is 0. The lowest BCUT2D eigenvalue weighted by Crippen LogP contribution is -2.32. The average Bonchev–Trinajstić information content (AvgIpc) is 2.77. The fourth-order valence-electron chi connectivity index (χ4n) is 2.34. The zero-order valence-corrected chi connectivity index (χ0v) is 9.61. The Morgan fingerprint density at radius 1 is 1.33 bits per heavy atom. The fraction of sp³-hybridized carbons (Fsp3) is 0.909. The topological polar surface area (TPSA) is 32.8 Å². The molecule has 0 aromatic heterocycles. The first-order valence-corrected chi connectivity index (χ1v) is 5.82. The zero-order valence-electron chi connectivity index (χ0n) is 9.61. The molecule has 0 aliphatic carbocycles. The van der Waals surface area contributed by atoms with Crippen molar-refractivity contribution in [3.63, 3.8) is 0 Å². The number of likely N-dealkylation sites (N-methyl/N-ethyl adjacent to an activating group) is 1. The zero-order chi connectivity index (χ0) is 10.8. The van der Waals surface area contributed by atoms with E-state index in [0.717, 1.165) is 38.9 Å². The van der Waals surface area contributed by atoms with Gasteiger partial charge < -0.3 is 9.64 Å². The number of hydrogen-bond acceptors (Lipinski definition) is 3.